The number of nitriles is 1. The van der Waals surface area contributed by atoms with Crippen molar-refractivity contribution in [2.45, 2.75) is 20.3 Å². The molecule has 0 bridgehead atoms. The third-order valence-electron chi connectivity index (χ3n) is 2.04. The van der Waals surface area contributed by atoms with Crippen LogP contribution in [0.2, 0.25) is 0 Å². The first kappa shape index (κ1) is 9.54. The summed E-state index contributed by atoms with van der Waals surface area (Å²) in [4.78, 5) is 0. The van der Waals surface area contributed by atoms with E-state index >= 15 is 0 Å². The van der Waals surface area contributed by atoms with Gasteiger partial charge in [-0.3, -0.25) is 0 Å². The largest absolute Gasteiger partial charge is 0.193 e. The molecule has 1 aromatic carbocycles. The van der Waals surface area contributed by atoms with Gasteiger partial charge in [-0.15, -0.1) is 0 Å². The summed E-state index contributed by atoms with van der Waals surface area (Å²) in [5.74, 6) is 0. The van der Waals surface area contributed by atoms with Gasteiger partial charge in [0.25, 0.3) is 0 Å². The van der Waals surface area contributed by atoms with Crippen molar-refractivity contribution in [1.29, 1.82) is 5.26 Å². The van der Waals surface area contributed by atoms with Crippen LogP contribution in [0.4, 0.5) is 0 Å². The minimum absolute atomic E-state index is 0.899. The third kappa shape index (κ3) is 2.45. The molecule has 0 saturated carbocycles. The van der Waals surface area contributed by atoms with Crippen LogP contribution in [0.3, 0.4) is 0 Å². The van der Waals surface area contributed by atoms with Crippen molar-refractivity contribution in [2.75, 3.05) is 0 Å². The van der Waals surface area contributed by atoms with Crippen molar-refractivity contribution >= 4 is 5.57 Å². The lowest BCUT2D eigenvalue weighted by atomic mass is 10.0. The fourth-order valence-corrected chi connectivity index (χ4v) is 1.24. The van der Waals surface area contributed by atoms with E-state index in [1.165, 1.54) is 5.56 Å². The molecule has 0 N–H and O–H groups in total. The molecule has 0 saturated heterocycles. The molecule has 0 aliphatic heterocycles. The Balaban J connectivity index is 3.01. The summed E-state index contributed by atoms with van der Waals surface area (Å²) in [6, 6.07) is 10.3. The lowest BCUT2D eigenvalue weighted by Gasteiger charge is -2.02. The second-order valence-electron chi connectivity index (χ2n) is 3.02. The number of hydrogen-bond donors (Lipinski definition) is 0. The summed E-state index contributed by atoms with van der Waals surface area (Å²) in [7, 11) is 0. The van der Waals surface area contributed by atoms with E-state index in [4.69, 9.17) is 5.26 Å². The van der Waals surface area contributed by atoms with Crippen molar-refractivity contribution in [2.24, 2.45) is 0 Å². The Labute approximate surface area is 79.3 Å². The van der Waals surface area contributed by atoms with Crippen LogP contribution >= 0.6 is 0 Å². The molecule has 0 unspecified atom stereocenters. The topological polar surface area (TPSA) is 23.8 Å². The van der Waals surface area contributed by atoms with Gasteiger partial charge in [0.15, 0.2) is 0 Å². The summed E-state index contributed by atoms with van der Waals surface area (Å²) in [6.45, 7) is 4.12. The molecular formula is C12H13N. The molecule has 66 valence electrons. The van der Waals surface area contributed by atoms with Gasteiger partial charge in [0.2, 0.25) is 0 Å². The van der Waals surface area contributed by atoms with Crippen molar-refractivity contribution < 1.29 is 0 Å². The van der Waals surface area contributed by atoms with Crippen molar-refractivity contribution in [1.82, 2.24) is 0 Å². The van der Waals surface area contributed by atoms with Crippen molar-refractivity contribution in [3.8, 4) is 6.07 Å². The molecule has 0 fully saturated rings. The molecule has 0 aliphatic rings. The number of benzene rings is 1. The first-order valence-corrected chi connectivity index (χ1v) is 4.43. The highest BCUT2D eigenvalue weighted by Gasteiger charge is 1.97. The quantitative estimate of drug-likeness (QED) is 0.626. The standard InChI is InChI=1S/C12H13N/c1-3-11(8-9-13)12-6-4-10(2)5-7-12/h4-8H,3H2,1-2H3. The summed E-state index contributed by atoms with van der Waals surface area (Å²) in [5.41, 5.74) is 3.49. The normalized spacial score (nSPS) is 11.0. The Morgan fingerprint density at radius 2 is 2.00 bits per heavy atom. The lowest BCUT2D eigenvalue weighted by molar-refractivity contribution is 1.24. The van der Waals surface area contributed by atoms with Crippen LogP contribution in [-0.4, -0.2) is 0 Å². The van der Waals surface area contributed by atoms with Gasteiger partial charge in [0.05, 0.1) is 6.07 Å². The van der Waals surface area contributed by atoms with Crippen molar-refractivity contribution in [3.63, 3.8) is 0 Å². The minimum atomic E-state index is 0.899. The average molecular weight is 171 g/mol. The van der Waals surface area contributed by atoms with E-state index in [9.17, 15) is 0 Å². The van der Waals surface area contributed by atoms with Gasteiger partial charge in [-0.1, -0.05) is 36.8 Å². The van der Waals surface area contributed by atoms with Gasteiger partial charge in [0.1, 0.15) is 0 Å². The molecule has 0 aromatic heterocycles. The second-order valence-corrected chi connectivity index (χ2v) is 3.02. The van der Waals surface area contributed by atoms with Crippen LogP contribution in [0.25, 0.3) is 5.57 Å². The number of nitrogens with zero attached hydrogens (tertiary/aromatic N) is 1. The van der Waals surface area contributed by atoms with Gasteiger partial charge >= 0.3 is 0 Å². The van der Waals surface area contributed by atoms with Crippen LogP contribution in [0.15, 0.2) is 30.3 Å². The van der Waals surface area contributed by atoms with Crippen LogP contribution in [0.5, 0.6) is 0 Å². The fraction of sp³-hybridized carbons (Fsp3) is 0.250. The zero-order valence-electron chi connectivity index (χ0n) is 8.04. The van der Waals surface area contributed by atoms with Gasteiger partial charge in [0, 0.05) is 6.08 Å². The number of rotatable bonds is 2. The maximum Gasteiger partial charge on any atom is 0.0915 e. The molecule has 1 heteroatoms. The van der Waals surface area contributed by atoms with Crippen LogP contribution in [0.1, 0.15) is 24.5 Å². The first-order valence-electron chi connectivity index (χ1n) is 4.43. The molecule has 1 aromatic rings. The molecule has 0 atom stereocenters. The highest BCUT2D eigenvalue weighted by Crippen LogP contribution is 2.17. The maximum atomic E-state index is 8.56. The average Bonchev–Trinajstić information content (AvgIpc) is 2.16. The molecule has 0 radical (unpaired) electrons. The van der Waals surface area contributed by atoms with E-state index in [0.29, 0.717) is 0 Å². The Morgan fingerprint density at radius 1 is 1.38 bits per heavy atom. The van der Waals surface area contributed by atoms with Crippen LogP contribution in [0, 0.1) is 18.3 Å². The SMILES string of the molecule is CCC(=CC#N)c1ccc(C)cc1. The van der Waals surface area contributed by atoms with Gasteiger partial charge < -0.3 is 0 Å². The van der Waals surface area contributed by atoms with Gasteiger partial charge in [-0.2, -0.15) is 5.26 Å². The minimum Gasteiger partial charge on any atom is -0.193 e. The fourth-order valence-electron chi connectivity index (χ4n) is 1.24. The summed E-state index contributed by atoms with van der Waals surface area (Å²) >= 11 is 0. The Hall–Kier alpha value is -1.55. The van der Waals surface area contributed by atoms with E-state index in [-0.39, 0.29) is 0 Å². The summed E-state index contributed by atoms with van der Waals surface area (Å²) < 4.78 is 0. The monoisotopic (exact) mass is 171 g/mol. The van der Waals surface area contributed by atoms with Crippen LogP contribution in [-0.2, 0) is 0 Å². The van der Waals surface area contributed by atoms with E-state index in [0.717, 1.165) is 17.6 Å². The zero-order chi connectivity index (χ0) is 9.68. The molecule has 0 spiro atoms. The smallest absolute Gasteiger partial charge is 0.0915 e. The van der Waals surface area contributed by atoms with Gasteiger partial charge in [-0.25, -0.2) is 0 Å². The predicted molar refractivity (Wildman–Crippen MR) is 55.1 cm³/mol. The lowest BCUT2D eigenvalue weighted by Crippen LogP contribution is -1.82. The molecule has 0 heterocycles. The molecular weight excluding hydrogens is 158 g/mol. The molecule has 13 heavy (non-hydrogen) atoms. The molecule has 1 rings (SSSR count). The zero-order valence-corrected chi connectivity index (χ0v) is 8.04. The maximum absolute atomic E-state index is 8.56. The number of hydrogen-bond acceptors (Lipinski definition) is 1. The number of allylic oxidation sites excluding steroid dienone is 2. The molecule has 1 nitrogen and oxygen atoms in total. The first-order chi connectivity index (χ1) is 6.27. The summed E-state index contributed by atoms with van der Waals surface area (Å²) in [5, 5.41) is 8.56. The van der Waals surface area contributed by atoms with E-state index in [1.807, 2.05) is 0 Å². The van der Waals surface area contributed by atoms with Crippen molar-refractivity contribution in [3.05, 3.63) is 41.5 Å². The Morgan fingerprint density at radius 3 is 2.46 bits per heavy atom. The highest BCUT2D eigenvalue weighted by molar-refractivity contribution is 5.67. The highest BCUT2D eigenvalue weighted by atomic mass is 14.2. The van der Waals surface area contributed by atoms with E-state index in [2.05, 4.69) is 44.2 Å². The summed E-state index contributed by atoms with van der Waals surface area (Å²) in [6.07, 6.45) is 2.52. The Bertz CT molecular complexity index is 338. The molecule has 0 amide bonds. The Kier molecular flexibility index (Phi) is 3.28. The van der Waals surface area contributed by atoms with E-state index < -0.39 is 0 Å². The van der Waals surface area contributed by atoms with E-state index in [1.54, 1.807) is 6.08 Å². The predicted octanol–water partition coefficient (Wildman–Crippen LogP) is 3.31. The second kappa shape index (κ2) is 4.47. The van der Waals surface area contributed by atoms with Gasteiger partial charge in [-0.05, 0) is 24.5 Å². The molecule has 0 aliphatic carbocycles. The number of aryl methyl sites for hydroxylation is 1. The van der Waals surface area contributed by atoms with Crippen LogP contribution < -0.4 is 0 Å². The third-order valence-corrected chi connectivity index (χ3v) is 2.04.